The third-order valence-electron chi connectivity index (χ3n) is 3.30. The number of nitrogens with zero attached hydrogens (tertiary/aromatic N) is 3. The summed E-state index contributed by atoms with van der Waals surface area (Å²) < 4.78 is 6.73. The van der Waals surface area contributed by atoms with Crippen molar-refractivity contribution in [2.75, 3.05) is 5.32 Å². The summed E-state index contributed by atoms with van der Waals surface area (Å²) in [6.07, 6.45) is 1.46. The molecule has 0 radical (unpaired) electrons. The highest BCUT2D eigenvalue weighted by Gasteiger charge is 2.13. The van der Waals surface area contributed by atoms with Crippen LogP contribution in [0.25, 0.3) is 22.7 Å². The summed E-state index contributed by atoms with van der Waals surface area (Å²) in [5, 5.41) is 3.25. The fourth-order valence-electron chi connectivity index (χ4n) is 2.25. The summed E-state index contributed by atoms with van der Waals surface area (Å²) in [6, 6.07) is 17.6. The Morgan fingerprint density at radius 3 is 2.65 bits per heavy atom. The highest BCUT2D eigenvalue weighted by atomic mass is 79.9. The van der Waals surface area contributed by atoms with Crippen LogP contribution < -0.4 is 5.32 Å². The van der Waals surface area contributed by atoms with Crippen molar-refractivity contribution in [1.82, 2.24) is 15.0 Å². The van der Waals surface area contributed by atoms with Gasteiger partial charge in [-0.15, -0.1) is 0 Å². The third-order valence-corrected chi connectivity index (χ3v) is 3.80. The van der Waals surface area contributed by atoms with Crippen LogP contribution in [0.2, 0.25) is 0 Å². The van der Waals surface area contributed by atoms with Gasteiger partial charge in [-0.25, -0.2) is 9.97 Å². The number of benzene rings is 2. The van der Waals surface area contributed by atoms with Crippen LogP contribution in [0.4, 0.5) is 11.5 Å². The van der Waals surface area contributed by atoms with E-state index in [0.717, 1.165) is 15.7 Å². The van der Waals surface area contributed by atoms with E-state index in [0.29, 0.717) is 22.9 Å². The van der Waals surface area contributed by atoms with Crippen molar-refractivity contribution in [3.63, 3.8) is 0 Å². The molecule has 0 aliphatic rings. The van der Waals surface area contributed by atoms with Crippen LogP contribution >= 0.6 is 15.9 Å². The molecule has 4 aromatic rings. The van der Waals surface area contributed by atoms with E-state index < -0.39 is 0 Å². The van der Waals surface area contributed by atoms with E-state index >= 15 is 0 Å². The number of halogens is 1. The molecule has 2 aromatic carbocycles. The average molecular weight is 367 g/mol. The molecular formula is C17H11BrN4O. The number of aromatic nitrogens is 3. The lowest BCUT2D eigenvalue weighted by molar-refractivity contribution is 0.607. The van der Waals surface area contributed by atoms with Gasteiger partial charge in [0.05, 0.1) is 0 Å². The second kappa shape index (κ2) is 5.81. The standard InChI is InChI=1S/C17H11BrN4O/c18-12-7-4-8-13(9-12)21-15-14-17(20-10-19-15)23-16(22-14)11-5-2-1-3-6-11/h1-10H,(H,19,20,21). The van der Waals surface area contributed by atoms with Gasteiger partial charge in [0.1, 0.15) is 6.33 Å². The molecule has 0 unspecified atom stereocenters. The summed E-state index contributed by atoms with van der Waals surface area (Å²) in [7, 11) is 0. The minimum Gasteiger partial charge on any atom is -0.417 e. The number of hydrogen-bond donors (Lipinski definition) is 1. The monoisotopic (exact) mass is 366 g/mol. The molecule has 1 N–H and O–H groups in total. The van der Waals surface area contributed by atoms with Gasteiger partial charge in [-0.1, -0.05) is 40.2 Å². The molecule has 5 nitrogen and oxygen atoms in total. The topological polar surface area (TPSA) is 63.8 Å². The van der Waals surface area contributed by atoms with Crippen molar-refractivity contribution in [2.45, 2.75) is 0 Å². The Labute approximate surface area is 140 Å². The molecule has 4 rings (SSSR count). The van der Waals surface area contributed by atoms with Gasteiger partial charge in [0, 0.05) is 15.7 Å². The van der Waals surface area contributed by atoms with Gasteiger partial charge in [0.25, 0.3) is 5.71 Å². The van der Waals surface area contributed by atoms with Crippen molar-refractivity contribution in [1.29, 1.82) is 0 Å². The molecule has 0 spiro atoms. The van der Waals surface area contributed by atoms with Crippen molar-refractivity contribution in [2.24, 2.45) is 0 Å². The maximum atomic E-state index is 5.74. The Morgan fingerprint density at radius 1 is 0.957 bits per heavy atom. The zero-order valence-corrected chi connectivity index (χ0v) is 13.5. The molecule has 0 saturated heterocycles. The molecular weight excluding hydrogens is 356 g/mol. The van der Waals surface area contributed by atoms with Crippen molar-refractivity contribution >= 4 is 38.7 Å². The fraction of sp³-hybridized carbons (Fsp3) is 0. The molecule has 2 heterocycles. The maximum absolute atomic E-state index is 5.74. The second-order valence-electron chi connectivity index (χ2n) is 4.90. The normalized spacial score (nSPS) is 10.8. The molecule has 0 bridgehead atoms. The first-order valence-electron chi connectivity index (χ1n) is 6.99. The highest BCUT2D eigenvalue weighted by Crippen LogP contribution is 2.28. The number of hydrogen-bond acceptors (Lipinski definition) is 5. The van der Waals surface area contributed by atoms with Crippen molar-refractivity contribution in [3.05, 3.63) is 65.4 Å². The molecule has 0 fully saturated rings. The predicted octanol–water partition coefficient (Wildman–Crippen LogP) is 4.79. The van der Waals surface area contributed by atoms with Crippen molar-refractivity contribution in [3.8, 4) is 11.5 Å². The number of oxazole rings is 1. The third kappa shape index (κ3) is 2.80. The Morgan fingerprint density at radius 2 is 1.83 bits per heavy atom. The summed E-state index contributed by atoms with van der Waals surface area (Å²) in [5.74, 6) is 1.14. The van der Waals surface area contributed by atoms with Crippen LogP contribution in [0.1, 0.15) is 0 Å². The van der Waals surface area contributed by atoms with Gasteiger partial charge < -0.3 is 9.73 Å². The lowest BCUT2D eigenvalue weighted by Gasteiger charge is -2.05. The summed E-state index contributed by atoms with van der Waals surface area (Å²) in [5.41, 5.74) is 2.87. The van der Waals surface area contributed by atoms with E-state index in [-0.39, 0.29) is 0 Å². The van der Waals surface area contributed by atoms with E-state index in [1.807, 2.05) is 54.6 Å². The molecule has 0 aliphatic heterocycles. The van der Waals surface area contributed by atoms with Crippen LogP contribution in [-0.4, -0.2) is 15.0 Å². The Hall–Kier alpha value is -2.73. The zero-order chi connectivity index (χ0) is 15.6. The summed E-state index contributed by atoms with van der Waals surface area (Å²) in [6.45, 7) is 0. The zero-order valence-electron chi connectivity index (χ0n) is 11.9. The average Bonchev–Trinajstić information content (AvgIpc) is 3.01. The first kappa shape index (κ1) is 13.9. The van der Waals surface area contributed by atoms with Crippen LogP contribution in [0.15, 0.2) is 69.8 Å². The largest absolute Gasteiger partial charge is 0.417 e. The maximum Gasteiger partial charge on any atom is 0.252 e. The van der Waals surface area contributed by atoms with E-state index in [4.69, 9.17) is 4.42 Å². The van der Waals surface area contributed by atoms with Gasteiger partial charge in [-0.3, -0.25) is 0 Å². The van der Waals surface area contributed by atoms with Gasteiger partial charge in [0.2, 0.25) is 5.89 Å². The molecule has 23 heavy (non-hydrogen) atoms. The number of anilines is 2. The minimum atomic E-state index is 0.455. The van der Waals surface area contributed by atoms with E-state index in [2.05, 4.69) is 36.2 Å². The van der Waals surface area contributed by atoms with E-state index in [1.54, 1.807) is 0 Å². The van der Waals surface area contributed by atoms with E-state index in [1.165, 1.54) is 6.33 Å². The smallest absolute Gasteiger partial charge is 0.252 e. The van der Waals surface area contributed by atoms with Crippen LogP contribution in [0.3, 0.4) is 0 Å². The summed E-state index contributed by atoms with van der Waals surface area (Å²) >= 11 is 3.45. The van der Waals surface area contributed by atoms with E-state index in [9.17, 15) is 0 Å². The van der Waals surface area contributed by atoms with Crippen molar-refractivity contribution < 1.29 is 4.42 Å². The molecule has 0 amide bonds. The lowest BCUT2D eigenvalue weighted by atomic mass is 10.2. The highest BCUT2D eigenvalue weighted by molar-refractivity contribution is 9.10. The molecule has 0 aliphatic carbocycles. The van der Waals surface area contributed by atoms with Gasteiger partial charge >= 0.3 is 0 Å². The fourth-order valence-corrected chi connectivity index (χ4v) is 2.65. The van der Waals surface area contributed by atoms with Gasteiger partial charge in [0.15, 0.2) is 11.3 Å². The van der Waals surface area contributed by atoms with Gasteiger partial charge in [-0.2, -0.15) is 4.98 Å². The number of nitrogens with one attached hydrogen (secondary N) is 1. The summed E-state index contributed by atoms with van der Waals surface area (Å²) in [4.78, 5) is 13.0. The molecule has 0 saturated carbocycles. The lowest BCUT2D eigenvalue weighted by Crippen LogP contribution is -1.95. The number of rotatable bonds is 3. The van der Waals surface area contributed by atoms with Crippen LogP contribution in [0, 0.1) is 0 Å². The first-order valence-corrected chi connectivity index (χ1v) is 7.78. The Bertz CT molecular complexity index is 969. The predicted molar refractivity (Wildman–Crippen MR) is 92.5 cm³/mol. The van der Waals surface area contributed by atoms with Gasteiger partial charge in [-0.05, 0) is 30.3 Å². The first-order chi connectivity index (χ1) is 11.3. The van der Waals surface area contributed by atoms with Crippen LogP contribution in [0.5, 0.6) is 0 Å². The molecule has 0 atom stereocenters. The number of fused-ring (bicyclic) bond motifs is 1. The Balaban J connectivity index is 1.77. The quantitative estimate of drug-likeness (QED) is 0.564. The SMILES string of the molecule is Brc1cccc(Nc2ncnc3oc(-c4ccccc4)nc23)c1. The second-order valence-corrected chi connectivity index (χ2v) is 5.81. The molecule has 2 aromatic heterocycles. The minimum absolute atomic E-state index is 0.455. The molecule has 112 valence electrons. The molecule has 6 heteroatoms. The Kier molecular flexibility index (Phi) is 3.51. The van der Waals surface area contributed by atoms with Crippen LogP contribution in [-0.2, 0) is 0 Å².